The van der Waals surface area contributed by atoms with Crippen molar-refractivity contribution in [2.24, 2.45) is 0 Å². The second kappa shape index (κ2) is 6.58. The maximum Gasteiger partial charge on any atom is 0.0447 e. The van der Waals surface area contributed by atoms with E-state index in [1.165, 1.54) is 11.1 Å². The second-order valence-electron chi connectivity index (χ2n) is 6.19. The molecule has 0 bridgehead atoms. The minimum absolute atomic E-state index is 0.0392. The lowest BCUT2D eigenvalue weighted by Crippen LogP contribution is -2.06. The van der Waals surface area contributed by atoms with Gasteiger partial charge in [0.25, 0.3) is 0 Å². The molecule has 0 spiro atoms. The van der Waals surface area contributed by atoms with Gasteiger partial charge in [0.2, 0.25) is 0 Å². The lowest BCUT2D eigenvalue weighted by molar-refractivity contribution is 0.972. The van der Waals surface area contributed by atoms with Crippen LogP contribution in [0.25, 0.3) is 0 Å². The van der Waals surface area contributed by atoms with Gasteiger partial charge in [-0.15, -0.1) is 0 Å². The predicted octanol–water partition coefficient (Wildman–Crippen LogP) is 5.30. The fourth-order valence-electron chi connectivity index (χ4n) is 3.02. The van der Waals surface area contributed by atoms with E-state index < -0.39 is 0 Å². The molecule has 2 nitrogen and oxygen atoms in total. The third kappa shape index (κ3) is 3.10. The maximum atomic E-state index is 6.51. The van der Waals surface area contributed by atoms with Crippen LogP contribution in [-0.4, -0.2) is 0 Å². The molecule has 0 aliphatic carbocycles. The van der Waals surface area contributed by atoms with E-state index in [0.29, 0.717) is 0 Å². The van der Waals surface area contributed by atoms with Crippen molar-refractivity contribution in [2.45, 2.75) is 19.8 Å². The van der Waals surface area contributed by atoms with Gasteiger partial charge in [-0.2, -0.15) is 0 Å². The molecular formula is C21H21ClN2. The molecule has 3 aromatic carbocycles. The molecule has 122 valence electrons. The molecule has 0 saturated carbocycles. The Bertz CT molecular complexity index is 835. The van der Waals surface area contributed by atoms with E-state index in [9.17, 15) is 0 Å². The van der Waals surface area contributed by atoms with Crippen molar-refractivity contribution in [3.63, 3.8) is 0 Å². The quantitative estimate of drug-likeness (QED) is 0.503. The molecule has 3 rings (SSSR count). The van der Waals surface area contributed by atoms with Crippen molar-refractivity contribution in [3.8, 4) is 0 Å². The number of halogens is 1. The highest BCUT2D eigenvalue weighted by atomic mass is 35.5. The topological polar surface area (TPSA) is 52.0 Å². The number of nitrogen functional groups attached to an aromatic ring is 2. The first kappa shape index (κ1) is 16.4. The monoisotopic (exact) mass is 336 g/mol. The Morgan fingerprint density at radius 1 is 0.750 bits per heavy atom. The largest absolute Gasteiger partial charge is 0.399 e. The number of nitrogens with two attached hydrogens (primary N) is 2. The first-order valence-corrected chi connectivity index (χ1v) is 8.31. The third-order valence-corrected chi connectivity index (χ3v) is 4.81. The van der Waals surface area contributed by atoms with E-state index in [0.717, 1.165) is 33.1 Å². The third-order valence-electron chi connectivity index (χ3n) is 4.47. The summed E-state index contributed by atoms with van der Waals surface area (Å²) in [5.74, 6) is 0.0392. The molecule has 0 aromatic heterocycles. The Morgan fingerprint density at radius 2 is 1.25 bits per heavy atom. The van der Waals surface area contributed by atoms with Gasteiger partial charge in [-0.3, -0.25) is 0 Å². The Hall–Kier alpha value is -2.45. The molecule has 4 N–H and O–H groups in total. The Morgan fingerprint density at radius 3 is 1.71 bits per heavy atom. The number of rotatable bonds is 3. The van der Waals surface area contributed by atoms with Gasteiger partial charge in [-0.05, 0) is 59.9 Å². The first-order chi connectivity index (χ1) is 11.5. The van der Waals surface area contributed by atoms with Crippen molar-refractivity contribution >= 4 is 23.0 Å². The Labute approximate surface area is 148 Å². The molecule has 0 aliphatic rings. The zero-order valence-electron chi connectivity index (χ0n) is 13.9. The van der Waals surface area contributed by atoms with Crippen LogP contribution >= 0.6 is 11.6 Å². The molecule has 0 radical (unpaired) electrons. The zero-order valence-corrected chi connectivity index (χ0v) is 14.6. The van der Waals surface area contributed by atoms with E-state index in [2.05, 4.69) is 30.3 Å². The van der Waals surface area contributed by atoms with Crippen LogP contribution < -0.4 is 11.5 Å². The van der Waals surface area contributed by atoms with E-state index in [1.54, 1.807) is 0 Å². The van der Waals surface area contributed by atoms with Gasteiger partial charge in [0.15, 0.2) is 0 Å². The SMILES string of the molecule is Cc1cc(C(c2ccc(N)c(C)c2)c2ccccc2Cl)ccc1N. The molecular weight excluding hydrogens is 316 g/mol. The molecule has 0 saturated heterocycles. The lowest BCUT2D eigenvalue weighted by Gasteiger charge is -2.22. The zero-order chi connectivity index (χ0) is 17.3. The molecule has 0 amide bonds. The van der Waals surface area contributed by atoms with E-state index in [1.807, 2.05) is 44.2 Å². The number of aryl methyl sites for hydroxylation is 2. The molecule has 0 fully saturated rings. The molecule has 0 atom stereocenters. The first-order valence-electron chi connectivity index (χ1n) is 7.94. The lowest BCUT2D eigenvalue weighted by atomic mass is 9.83. The Balaban J connectivity index is 2.22. The summed E-state index contributed by atoms with van der Waals surface area (Å²) in [7, 11) is 0. The van der Waals surface area contributed by atoms with Gasteiger partial charge in [0.05, 0.1) is 0 Å². The van der Waals surface area contributed by atoms with Gasteiger partial charge in [0.1, 0.15) is 0 Å². The van der Waals surface area contributed by atoms with Crippen LogP contribution in [0.15, 0.2) is 60.7 Å². The fraction of sp³-hybridized carbons (Fsp3) is 0.143. The van der Waals surface area contributed by atoms with Crippen molar-refractivity contribution < 1.29 is 0 Å². The van der Waals surface area contributed by atoms with E-state index >= 15 is 0 Å². The fourth-order valence-corrected chi connectivity index (χ4v) is 3.26. The minimum atomic E-state index is 0.0392. The van der Waals surface area contributed by atoms with Crippen molar-refractivity contribution in [1.29, 1.82) is 0 Å². The van der Waals surface area contributed by atoms with Crippen molar-refractivity contribution in [1.82, 2.24) is 0 Å². The predicted molar refractivity (Wildman–Crippen MR) is 104 cm³/mol. The van der Waals surface area contributed by atoms with E-state index in [-0.39, 0.29) is 5.92 Å². The Kier molecular flexibility index (Phi) is 4.50. The highest BCUT2D eigenvalue weighted by Gasteiger charge is 2.20. The normalized spacial score (nSPS) is 11.0. The average molecular weight is 337 g/mol. The summed E-state index contributed by atoms with van der Waals surface area (Å²) in [4.78, 5) is 0. The maximum absolute atomic E-state index is 6.51. The van der Waals surface area contributed by atoms with Crippen LogP contribution in [0.3, 0.4) is 0 Å². The van der Waals surface area contributed by atoms with Gasteiger partial charge in [0, 0.05) is 22.3 Å². The minimum Gasteiger partial charge on any atom is -0.399 e. The number of anilines is 2. The highest BCUT2D eigenvalue weighted by molar-refractivity contribution is 6.31. The summed E-state index contributed by atoms with van der Waals surface area (Å²) < 4.78 is 0. The van der Waals surface area contributed by atoms with Gasteiger partial charge in [-0.1, -0.05) is 54.1 Å². The summed E-state index contributed by atoms with van der Waals surface area (Å²) in [5.41, 5.74) is 19.1. The van der Waals surface area contributed by atoms with Crippen LogP contribution in [-0.2, 0) is 0 Å². The van der Waals surface area contributed by atoms with Gasteiger partial charge >= 0.3 is 0 Å². The number of hydrogen-bond acceptors (Lipinski definition) is 2. The summed E-state index contributed by atoms with van der Waals surface area (Å²) in [6, 6.07) is 20.3. The van der Waals surface area contributed by atoms with Crippen LogP contribution in [0.2, 0.25) is 5.02 Å². The van der Waals surface area contributed by atoms with Crippen molar-refractivity contribution in [2.75, 3.05) is 11.5 Å². The summed E-state index contributed by atoms with van der Waals surface area (Å²) in [5, 5.41) is 0.756. The molecule has 3 aromatic rings. The molecule has 0 aliphatic heterocycles. The smallest absolute Gasteiger partial charge is 0.0447 e. The summed E-state index contributed by atoms with van der Waals surface area (Å²) in [6.07, 6.45) is 0. The standard InChI is InChI=1S/C21H21ClN2/c1-13-11-15(7-9-19(13)23)21(17-5-3-4-6-18(17)22)16-8-10-20(24)14(2)12-16/h3-12,21H,23-24H2,1-2H3. The van der Waals surface area contributed by atoms with Crippen LogP contribution in [0.5, 0.6) is 0 Å². The number of benzene rings is 3. The van der Waals surface area contributed by atoms with Crippen LogP contribution in [0.1, 0.15) is 33.7 Å². The molecule has 24 heavy (non-hydrogen) atoms. The van der Waals surface area contributed by atoms with Crippen molar-refractivity contribution in [3.05, 3.63) is 93.5 Å². The molecule has 0 unspecified atom stereocenters. The second-order valence-corrected chi connectivity index (χ2v) is 6.59. The molecule has 0 heterocycles. The number of hydrogen-bond donors (Lipinski definition) is 2. The molecule has 3 heteroatoms. The summed E-state index contributed by atoms with van der Waals surface area (Å²) in [6.45, 7) is 4.05. The summed E-state index contributed by atoms with van der Waals surface area (Å²) >= 11 is 6.51. The van der Waals surface area contributed by atoms with Gasteiger partial charge < -0.3 is 11.5 Å². The van der Waals surface area contributed by atoms with Gasteiger partial charge in [-0.25, -0.2) is 0 Å². The van der Waals surface area contributed by atoms with E-state index in [4.69, 9.17) is 23.1 Å². The average Bonchev–Trinajstić information content (AvgIpc) is 2.56. The van der Waals surface area contributed by atoms with Crippen LogP contribution in [0, 0.1) is 13.8 Å². The highest BCUT2D eigenvalue weighted by Crippen LogP contribution is 2.37. The van der Waals surface area contributed by atoms with Crippen LogP contribution in [0.4, 0.5) is 11.4 Å².